The summed E-state index contributed by atoms with van der Waals surface area (Å²) in [6.45, 7) is 9.97. The van der Waals surface area contributed by atoms with Gasteiger partial charge in [-0.2, -0.15) is 0 Å². The summed E-state index contributed by atoms with van der Waals surface area (Å²) in [5.41, 5.74) is 7.48. The Hall–Kier alpha value is -1.18. The lowest BCUT2D eigenvalue weighted by Crippen LogP contribution is -1.90. The van der Waals surface area contributed by atoms with Crippen molar-refractivity contribution in [1.82, 2.24) is 0 Å². The first-order chi connectivity index (χ1) is 6.74. The molecule has 0 aliphatic carbocycles. The van der Waals surface area contributed by atoms with Crippen LogP contribution in [0.5, 0.6) is 5.75 Å². The molecular formula is C12H25NO. The predicted octanol–water partition coefficient (Wildman–Crippen LogP) is 3.88. The van der Waals surface area contributed by atoms with Crippen molar-refractivity contribution in [3.05, 3.63) is 23.8 Å². The summed E-state index contributed by atoms with van der Waals surface area (Å²) in [6.07, 6.45) is 0. The molecule has 0 aromatic heterocycles. The van der Waals surface area contributed by atoms with Gasteiger partial charge in [0.2, 0.25) is 0 Å². The minimum absolute atomic E-state index is 0. The van der Waals surface area contributed by atoms with Crippen molar-refractivity contribution in [3.63, 3.8) is 0 Å². The zero-order valence-corrected chi connectivity index (χ0v) is 10.2. The molecule has 84 valence electrons. The molecule has 1 aromatic rings. The van der Waals surface area contributed by atoms with Gasteiger partial charge in [-0.3, -0.25) is 0 Å². The van der Waals surface area contributed by atoms with E-state index in [1.54, 1.807) is 7.11 Å². The van der Waals surface area contributed by atoms with Crippen molar-refractivity contribution in [3.8, 4) is 5.75 Å². The molecule has 2 N–H and O–H groups in total. The average Bonchev–Trinajstić information content (AvgIpc) is 2.28. The van der Waals surface area contributed by atoms with Crippen molar-refractivity contribution in [2.24, 2.45) is 0 Å². The minimum atomic E-state index is 0. The summed E-state index contributed by atoms with van der Waals surface area (Å²) in [5.74, 6) is 0.808. The van der Waals surface area contributed by atoms with Crippen LogP contribution in [0.1, 0.15) is 34.7 Å². The first-order valence-corrected chi connectivity index (χ1v) is 5.14. The molecular weight excluding hydrogens is 174 g/mol. The highest BCUT2D eigenvalue weighted by Gasteiger charge is 1.93. The number of aryl methyl sites for hydroxylation is 1. The molecule has 0 saturated carbocycles. The molecule has 14 heavy (non-hydrogen) atoms. The predicted molar refractivity (Wildman–Crippen MR) is 67.0 cm³/mol. The molecule has 0 unspecified atom stereocenters. The number of hydrogen-bond donors (Lipinski definition) is 1. The number of methoxy groups -OCH3 is 1. The van der Waals surface area contributed by atoms with Crippen LogP contribution in [0.2, 0.25) is 0 Å². The Kier molecular flexibility index (Phi) is 10.8. The summed E-state index contributed by atoms with van der Waals surface area (Å²) < 4.78 is 4.97. The molecule has 1 aromatic carbocycles. The Morgan fingerprint density at radius 2 is 1.64 bits per heavy atom. The molecule has 2 heteroatoms. The van der Waals surface area contributed by atoms with E-state index in [1.165, 1.54) is 0 Å². The minimum Gasteiger partial charge on any atom is -0.497 e. The fourth-order valence-corrected chi connectivity index (χ4v) is 0.746. The zero-order valence-electron chi connectivity index (χ0n) is 10.2. The molecule has 0 heterocycles. The van der Waals surface area contributed by atoms with Gasteiger partial charge < -0.3 is 10.5 Å². The summed E-state index contributed by atoms with van der Waals surface area (Å²) in [7, 11) is 1.63. The van der Waals surface area contributed by atoms with Crippen LogP contribution in [-0.2, 0) is 0 Å². The molecule has 0 fully saturated rings. The third-order valence-corrected chi connectivity index (χ3v) is 1.49. The normalized spacial score (nSPS) is 7.57. The van der Waals surface area contributed by atoms with E-state index in [9.17, 15) is 0 Å². The summed E-state index contributed by atoms with van der Waals surface area (Å²) >= 11 is 0. The lowest BCUT2D eigenvalue weighted by atomic mass is 10.2. The van der Waals surface area contributed by atoms with E-state index in [0.717, 1.165) is 17.0 Å². The summed E-state index contributed by atoms with van der Waals surface area (Å²) in [6, 6.07) is 5.65. The second-order valence-corrected chi connectivity index (χ2v) is 2.22. The summed E-state index contributed by atoms with van der Waals surface area (Å²) in [5, 5.41) is 0. The van der Waals surface area contributed by atoms with Crippen LogP contribution in [0.15, 0.2) is 18.2 Å². The molecule has 0 saturated heterocycles. The Labute approximate surface area is 89.6 Å². The smallest absolute Gasteiger partial charge is 0.120 e. The molecule has 0 aliphatic heterocycles. The molecule has 2 nitrogen and oxygen atoms in total. The number of nitrogen functional groups attached to an aromatic ring is 1. The Bertz CT molecular complexity index is 239. The number of anilines is 1. The van der Waals surface area contributed by atoms with Crippen LogP contribution in [0.4, 0.5) is 5.69 Å². The maximum absolute atomic E-state index is 5.62. The van der Waals surface area contributed by atoms with Crippen LogP contribution in [0.25, 0.3) is 0 Å². The number of benzene rings is 1. The van der Waals surface area contributed by atoms with Gasteiger partial charge in [0.05, 0.1) is 7.11 Å². The van der Waals surface area contributed by atoms with Gasteiger partial charge in [0.15, 0.2) is 0 Å². The number of ether oxygens (including phenoxy) is 1. The van der Waals surface area contributed by atoms with Gasteiger partial charge in [0.25, 0.3) is 0 Å². The first kappa shape index (κ1) is 15.3. The van der Waals surface area contributed by atoms with Crippen LogP contribution in [0, 0.1) is 6.92 Å². The molecule has 0 bridgehead atoms. The van der Waals surface area contributed by atoms with Crippen molar-refractivity contribution >= 4 is 5.69 Å². The zero-order chi connectivity index (χ0) is 11.6. The Morgan fingerprint density at radius 1 is 1.14 bits per heavy atom. The highest BCUT2D eigenvalue weighted by atomic mass is 16.5. The molecule has 0 radical (unpaired) electrons. The third-order valence-electron chi connectivity index (χ3n) is 1.49. The van der Waals surface area contributed by atoms with E-state index in [-0.39, 0.29) is 1.43 Å². The number of nitrogens with two attached hydrogens (primary N) is 1. The van der Waals surface area contributed by atoms with Gasteiger partial charge in [0, 0.05) is 13.2 Å². The molecule has 0 atom stereocenters. The second-order valence-electron chi connectivity index (χ2n) is 2.22. The highest BCUT2D eigenvalue weighted by Crippen LogP contribution is 2.17. The molecule has 0 spiro atoms. The van der Waals surface area contributed by atoms with E-state index < -0.39 is 0 Å². The SMILES string of the molecule is CC.CC.COc1ccc(C)c(N)c1.[HH]. The van der Waals surface area contributed by atoms with Crippen molar-refractivity contribution < 1.29 is 6.16 Å². The Morgan fingerprint density at radius 3 is 2.00 bits per heavy atom. The number of rotatable bonds is 1. The van der Waals surface area contributed by atoms with E-state index in [4.69, 9.17) is 10.5 Å². The molecule has 0 amide bonds. The quantitative estimate of drug-likeness (QED) is 0.696. The van der Waals surface area contributed by atoms with Gasteiger partial charge in [-0.25, -0.2) is 0 Å². The summed E-state index contributed by atoms with van der Waals surface area (Å²) in [4.78, 5) is 0. The standard InChI is InChI=1S/C8H11NO.2C2H6.H2/c1-6-3-4-7(10-2)5-8(6)9;2*1-2;/h3-5H,9H2,1-2H3;2*1-2H3;1H. The fraction of sp³-hybridized carbons (Fsp3) is 0.500. The number of hydrogen-bond acceptors (Lipinski definition) is 2. The van der Waals surface area contributed by atoms with Crippen LogP contribution in [-0.4, -0.2) is 7.11 Å². The second kappa shape index (κ2) is 9.90. The van der Waals surface area contributed by atoms with E-state index in [1.807, 2.05) is 52.8 Å². The lowest BCUT2D eigenvalue weighted by Gasteiger charge is -2.02. The largest absolute Gasteiger partial charge is 0.497 e. The fourth-order valence-electron chi connectivity index (χ4n) is 0.746. The van der Waals surface area contributed by atoms with Crippen LogP contribution < -0.4 is 10.5 Å². The van der Waals surface area contributed by atoms with E-state index >= 15 is 0 Å². The maximum atomic E-state index is 5.62. The van der Waals surface area contributed by atoms with Gasteiger partial charge in [-0.05, 0) is 18.6 Å². The third kappa shape index (κ3) is 5.46. The monoisotopic (exact) mass is 199 g/mol. The molecule has 0 aliphatic rings. The maximum Gasteiger partial charge on any atom is 0.120 e. The van der Waals surface area contributed by atoms with Crippen LogP contribution >= 0.6 is 0 Å². The highest BCUT2D eigenvalue weighted by molar-refractivity contribution is 5.50. The lowest BCUT2D eigenvalue weighted by molar-refractivity contribution is 0.415. The van der Waals surface area contributed by atoms with Crippen molar-refractivity contribution in [1.29, 1.82) is 0 Å². The average molecular weight is 199 g/mol. The first-order valence-electron chi connectivity index (χ1n) is 5.14. The topological polar surface area (TPSA) is 35.2 Å². The Balaban J connectivity index is -0.000000258. The van der Waals surface area contributed by atoms with Gasteiger partial charge >= 0.3 is 0 Å². The van der Waals surface area contributed by atoms with E-state index in [2.05, 4.69) is 0 Å². The molecule has 1 rings (SSSR count). The van der Waals surface area contributed by atoms with Gasteiger partial charge in [-0.15, -0.1) is 0 Å². The van der Waals surface area contributed by atoms with Crippen molar-refractivity contribution in [2.45, 2.75) is 34.6 Å². The van der Waals surface area contributed by atoms with Crippen LogP contribution in [0.3, 0.4) is 0 Å². The van der Waals surface area contributed by atoms with Gasteiger partial charge in [0.1, 0.15) is 5.75 Å². The van der Waals surface area contributed by atoms with Gasteiger partial charge in [-0.1, -0.05) is 33.8 Å². The van der Waals surface area contributed by atoms with Crippen molar-refractivity contribution in [2.75, 3.05) is 12.8 Å². The van der Waals surface area contributed by atoms with E-state index in [0.29, 0.717) is 0 Å².